The third kappa shape index (κ3) is 2.31. The van der Waals surface area contributed by atoms with Crippen molar-refractivity contribution in [1.82, 2.24) is 9.78 Å². The Hall–Kier alpha value is -2.62. The van der Waals surface area contributed by atoms with E-state index in [4.69, 9.17) is 0 Å². The van der Waals surface area contributed by atoms with Crippen LogP contribution >= 0.6 is 0 Å². The number of halogens is 1. The number of aromatic nitrogens is 2. The summed E-state index contributed by atoms with van der Waals surface area (Å²) in [5.74, 6) is -0.224. The first-order chi connectivity index (χ1) is 11.1. The van der Waals surface area contributed by atoms with E-state index < -0.39 is 0 Å². The summed E-state index contributed by atoms with van der Waals surface area (Å²) >= 11 is 0. The number of hydrogen-bond donors (Lipinski definition) is 1. The van der Waals surface area contributed by atoms with Gasteiger partial charge in [-0.1, -0.05) is 12.1 Å². The van der Waals surface area contributed by atoms with E-state index in [-0.39, 0.29) is 5.82 Å². The maximum atomic E-state index is 13.6. The summed E-state index contributed by atoms with van der Waals surface area (Å²) in [5, 5.41) is 8.06. The Bertz CT molecular complexity index is 896. The zero-order valence-electron chi connectivity index (χ0n) is 13.2. The Morgan fingerprint density at radius 1 is 1.13 bits per heavy atom. The topological polar surface area (TPSA) is 29.9 Å². The first kappa shape index (κ1) is 14.0. The number of aryl methyl sites for hydroxylation is 1. The molecule has 1 aliphatic heterocycles. The predicted molar refractivity (Wildman–Crippen MR) is 90.6 cm³/mol. The highest BCUT2D eigenvalue weighted by Gasteiger charge is 2.17. The second kappa shape index (κ2) is 5.23. The van der Waals surface area contributed by atoms with Crippen LogP contribution in [0.25, 0.3) is 16.8 Å². The largest absolute Gasteiger partial charge is 0.384 e. The van der Waals surface area contributed by atoms with Gasteiger partial charge in [0.25, 0.3) is 0 Å². The van der Waals surface area contributed by atoms with E-state index in [2.05, 4.69) is 28.6 Å². The molecule has 0 saturated heterocycles. The lowest BCUT2D eigenvalue weighted by Crippen LogP contribution is -2.00. The number of fused-ring (bicyclic) bond motifs is 1. The average molecular weight is 307 g/mol. The smallest absolute Gasteiger partial charge is 0.123 e. The second-order valence-electron chi connectivity index (χ2n) is 5.99. The van der Waals surface area contributed by atoms with Crippen molar-refractivity contribution in [1.29, 1.82) is 0 Å². The molecular formula is C19H18FN3. The Labute approximate surface area is 134 Å². The molecule has 0 atom stereocenters. The molecule has 0 aliphatic carbocycles. The molecule has 2 heterocycles. The number of hydrogen-bond acceptors (Lipinski definition) is 2. The highest BCUT2D eigenvalue weighted by Crippen LogP contribution is 2.31. The minimum atomic E-state index is -0.224. The van der Waals surface area contributed by atoms with Crippen LogP contribution < -0.4 is 5.32 Å². The number of benzene rings is 2. The van der Waals surface area contributed by atoms with Gasteiger partial charge < -0.3 is 5.32 Å². The highest BCUT2D eigenvalue weighted by atomic mass is 19.1. The summed E-state index contributed by atoms with van der Waals surface area (Å²) in [7, 11) is 0. The van der Waals surface area contributed by atoms with Crippen molar-refractivity contribution in [2.75, 3.05) is 11.9 Å². The molecular weight excluding hydrogens is 289 g/mol. The fourth-order valence-electron chi connectivity index (χ4n) is 3.38. The Balaban J connectivity index is 1.84. The van der Waals surface area contributed by atoms with Crippen molar-refractivity contribution in [3.05, 3.63) is 65.2 Å². The lowest BCUT2D eigenvalue weighted by molar-refractivity contribution is 0.628. The molecule has 3 aromatic rings. The highest BCUT2D eigenvalue weighted by molar-refractivity contribution is 5.69. The van der Waals surface area contributed by atoms with Gasteiger partial charge in [-0.05, 0) is 61.7 Å². The molecule has 4 rings (SSSR count). The van der Waals surface area contributed by atoms with Crippen molar-refractivity contribution in [2.24, 2.45) is 0 Å². The van der Waals surface area contributed by atoms with Crippen molar-refractivity contribution < 1.29 is 4.39 Å². The van der Waals surface area contributed by atoms with Crippen LogP contribution in [0.3, 0.4) is 0 Å². The molecule has 1 N–H and O–H groups in total. The monoisotopic (exact) mass is 307 g/mol. The zero-order chi connectivity index (χ0) is 16.0. The lowest BCUT2D eigenvalue weighted by Gasteiger charge is -2.08. The Morgan fingerprint density at radius 2 is 2.00 bits per heavy atom. The van der Waals surface area contributed by atoms with Crippen LogP contribution in [0.5, 0.6) is 0 Å². The molecule has 1 aromatic heterocycles. The number of rotatable bonds is 2. The molecule has 3 nitrogen and oxygen atoms in total. The van der Waals surface area contributed by atoms with Crippen LogP contribution in [0.1, 0.15) is 17.0 Å². The van der Waals surface area contributed by atoms with E-state index in [1.54, 1.807) is 12.1 Å². The summed E-state index contributed by atoms with van der Waals surface area (Å²) in [6, 6.07) is 13.1. The third-order valence-electron chi connectivity index (χ3n) is 4.45. The number of anilines is 1. The van der Waals surface area contributed by atoms with Gasteiger partial charge in [0, 0.05) is 23.5 Å². The van der Waals surface area contributed by atoms with E-state index in [0.29, 0.717) is 0 Å². The van der Waals surface area contributed by atoms with E-state index in [1.807, 2.05) is 24.6 Å². The minimum Gasteiger partial charge on any atom is -0.384 e. The zero-order valence-corrected chi connectivity index (χ0v) is 13.2. The molecule has 116 valence electrons. The Morgan fingerprint density at radius 3 is 2.83 bits per heavy atom. The lowest BCUT2D eigenvalue weighted by atomic mass is 10.0. The maximum absolute atomic E-state index is 13.6. The molecule has 2 aromatic carbocycles. The van der Waals surface area contributed by atoms with Crippen LogP contribution in [0.4, 0.5) is 10.1 Å². The molecule has 0 saturated carbocycles. The summed E-state index contributed by atoms with van der Waals surface area (Å²) in [5.41, 5.74) is 7.39. The van der Waals surface area contributed by atoms with Crippen molar-refractivity contribution >= 4 is 5.69 Å². The van der Waals surface area contributed by atoms with Crippen LogP contribution in [-0.2, 0) is 6.42 Å². The van der Waals surface area contributed by atoms with Gasteiger partial charge in [-0.2, -0.15) is 5.10 Å². The third-order valence-corrected chi connectivity index (χ3v) is 4.45. The molecule has 0 amide bonds. The fourth-order valence-corrected chi connectivity index (χ4v) is 3.38. The van der Waals surface area contributed by atoms with Crippen molar-refractivity contribution in [3.8, 4) is 16.8 Å². The summed E-state index contributed by atoms with van der Waals surface area (Å²) in [6.07, 6.45) is 1.04. The fraction of sp³-hybridized carbons (Fsp3) is 0.211. The molecule has 23 heavy (non-hydrogen) atoms. The molecule has 0 radical (unpaired) electrons. The number of nitrogens with zero attached hydrogens (tertiary/aromatic N) is 2. The maximum Gasteiger partial charge on any atom is 0.123 e. The molecule has 1 aliphatic rings. The van der Waals surface area contributed by atoms with Crippen LogP contribution in [0.15, 0.2) is 42.5 Å². The van der Waals surface area contributed by atoms with Gasteiger partial charge >= 0.3 is 0 Å². The van der Waals surface area contributed by atoms with E-state index in [0.717, 1.165) is 41.2 Å². The SMILES string of the molecule is Cc1nn(-c2ccc3c(c2)CCN3)c(C)c1-c1cccc(F)c1. The quantitative estimate of drug-likeness (QED) is 0.766. The summed E-state index contributed by atoms with van der Waals surface area (Å²) < 4.78 is 15.5. The van der Waals surface area contributed by atoms with Crippen LogP contribution in [-0.4, -0.2) is 16.3 Å². The van der Waals surface area contributed by atoms with E-state index in [9.17, 15) is 4.39 Å². The summed E-state index contributed by atoms with van der Waals surface area (Å²) in [6.45, 7) is 4.99. The van der Waals surface area contributed by atoms with Gasteiger partial charge in [-0.25, -0.2) is 9.07 Å². The van der Waals surface area contributed by atoms with Crippen LogP contribution in [0.2, 0.25) is 0 Å². The van der Waals surface area contributed by atoms with Crippen molar-refractivity contribution in [2.45, 2.75) is 20.3 Å². The molecule has 0 spiro atoms. The molecule has 0 unspecified atom stereocenters. The summed E-state index contributed by atoms with van der Waals surface area (Å²) in [4.78, 5) is 0. The normalized spacial score (nSPS) is 13.0. The predicted octanol–water partition coefficient (Wildman–Crippen LogP) is 4.26. The molecule has 0 bridgehead atoms. The average Bonchev–Trinajstić information content (AvgIpc) is 3.10. The Kier molecular flexibility index (Phi) is 3.18. The minimum absolute atomic E-state index is 0.224. The van der Waals surface area contributed by atoms with Gasteiger partial charge in [-0.15, -0.1) is 0 Å². The van der Waals surface area contributed by atoms with Gasteiger partial charge in [-0.3, -0.25) is 0 Å². The van der Waals surface area contributed by atoms with Gasteiger partial charge in [0.05, 0.1) is 11.4 Å². The molecule has 0 fully saturated rings. The van der Waals surface area contributed by atoms with Crippen LogP contribution in [0, 0.1) is 19.7 Å². The van der Waals surface area contributed by atoms with Crippen molar-refractivity contribution in [3.63, 3.8) is 0 Å². The first-order valence-corrected chi connectivity index (χ1v) is 7.83. The molecule has 4 heteroatoms. The second-order valence-corrected chi connectivity index (χ2v) is 5.99. The standard InChI is InChI=1S/C19H18FN3/c1-12-19(15-4-3-5-16(20)10-15)13(2)23(22-12)17-6-7-18-14(11-17)8-9-21-18/h3-7,10-11,21H,8-9H2,1-2H3. The first-order valence-electron chi connectivity index (χ1n) is 7.83. The van der Waals surface area contributed by atoms with Gasteiger partial charge in [0.1, 0.15) is 5.82 Å². The van der Waals surface area contributed by atoms with Gasteiger partial charge in [0.2, 0.25) is 0 Å². The van der Waals surface area contributed by atoms with E-state index in [1.165, 1.54) is 17.3 Å². The van der Waals surface area contributed by atoms with Gasteiger partial charge in [0.15, 0.2) is 0 Å². The van der Waals surface area contributed by atoms with E-state index >= 15 is 0 Å². The number of nitrogens with one attached hydrogen (secondary N) is 1.